The Morgan fingerprint density at radius 2 is 1.85 bits per heavy atom. The Labute approximate surface area is 127 Å². The van der Waals surface area contributed by atoms with Crippen molar-refractivity contribution < 1.29 is 13.2 Å². The van der Waals surface area contributed by atoms with Gasteiger partial charge in [0.2, 0.25) is 0 Å². The fourth-order valence-corrected chi connectivity index (χ4v) is 2.90. The number of Topliss-reactive ketones (excluding diaryl/α,β-unsaturated/α-hetero) is 1. The predicted octanol–water partition coefficient (Wildman–Crippen LogP) is 3.48. The molecule has 4 nitrogen and oxygen atoms in total. The van der Waals surface area contributed by atoms with E-state index in [1.807, 2.05) is 0 Å². The van der Waals surface area contributed by atoms with E-state index in [2.05, 4.69) is 4.98 Å². The number of H-pyrrole nitrogens is 1. The summed E-state index contributed by atoms with van der Waals surface area (Å²) in [6.45, 7) is 2.76. The maximum Gasteiger partial charge on any atom is 0.185 e. The summed E-state index contributed by atoms with van der Waals surface area (Å²) in [6, 6.07) is 3.15. The van der Waals surface area contributed by atoms with Crippen LogP contribution in [0.4, 0.5) is 0 Å². The van der Waals surface area contributed by atoms with Crippen LogP contribution >= 0.6 is 23.2 Å². The van der Waals surface area contributed by atoms with Crippen molar-refractivity contribution in [1.29, 1.82) is 0 Å². The second-order valence-corrected chi connectivity index (χ2v) is 8.53. The number of ketones is 1. The molecule has 0 saturated heterocycles. The quantitative estimate of drug-likeness (QED) is 0.874. The van der Waals surface area contributed by atoms with Crippen LogP contribution in [0.1, 0.15) is 24.2 Å². The molecular formula is C13H13Cl2NO3S. The van der Waals surface area contributed by atoms with Gasteiger partial charge in [-0.1, -0.05) is 23.2 Å². The van der Waals surface area contributed by atoms with Crippen molar-refractivity contribution in [1.82, 2.24) is 4.98 Å². The number of aromatic nitrogens is 1. The van der Waals surface area contributed by atoms with Crippen LogP contribution in [0.2, 0.25) is 10.0 Å². The number of halogens is 2. The van der Waals surface area contributed by atoms with Crippen molar-refractivity contribution >= 4 is 49.7 Å². The van der Waals surface area contributed by atoms with Gasteiger partial charge in [0, 0.05) is 33.9 Å². The van der Waals surface area contributed by atoms with Crippen LogP contribution in [0, 0.1) is 0 Å². The molecule has 0 spiro atoms. The van der Waals surface area contributed by atoms with Crippen molar-refractivity contribution in [3.63, 3.8) is 0 Å². The first-order chi connectivity index (χ1) is 9.05. The fourth-order valence-electron chi connectivity index (χ4n) is 1.86. The molecule has 0 fully saturated rings. The lowest BCUT2D eigenvalue weighted by Gasteiger charge is -2.20. The van der Waals surface area contributed by atoms with Crippen molar-refractivity contribution in [2.45, 2.75) is 18.6 Å². The third kappa shape index (κ3) is 2.34. The maximum absolute atomic E-state index is 12.5. The molecule has 1 aromatic carbocycles. The molecule has 2 aromatic rings. The number of nitrogens with one attached hydrogen (secondary N) is 1. The number of fused-ring (bicyclic) bond motifs is 1. The molecule has 0 bridgehead atoms. The monoisotopic (exact) mass is 333 g/mol. The lowest BCUT2D eigenvalue weighted by atomic mass is 10.00. The standard InChI is InChI=1S/C13H13Cl2NO3S/c1-13(2,20(3,18)19)12(17)8-6-16-10-5-7(14)4-9(15)11(8)10/h4-6,16H,1-3H3. The summed E-state index contributed by atoms with van der Waals surface area (Å²) >= 11 is 12.0. The number of rotatable bonds is 3. The summed E-state index contributed by atoms with van der Waals surface area (Å²) in [7, 11) is -3.55. The molecule has 0 aliphatic rings. The van der Waals surface area contributed by atoms with Crippen LogP contribution in [-0.2, 0) is 9.84 Å². The molecule has 1 heterocycles. The zero-order valence-corrected chi connectivity index (χ0v) is 13.4. The van der Waals surface area contributed by atoms with E-state index in [4.69, 9.17) is 23.2 Å². The van der Waals surface area contributed by atoms with E-state index >= 15 is 0 Å². The molecule has 0 unspecified atom stereocenters. The molecule has 1 N–H and O–H groups in total. The molecule has 0 atom stereocenters. The third-order valence-electron chi connectivity index (χ3n) is 3.41. The highest BCUT2D eigenvalue weighted by Crippen LogP contribution is 2.33. The average molecular weight is 334 g/mol. The molecule has 1 aromatic heterocycles. The van der Waals surface area contributed by atoms with Crippen LogP contribution in [0.5, 0.6) is 0 Å². The van der Waals surface area contributed by atoms with Gasteiger partial charge in [-0.3, -0.25) is 4.79 Å². The first-order valence-corrected chi connectivity index (χ1v) is 8.41. The lowest BCUT2D eigenvalue weighted by molar-refractivity contribution is 0.0956. The number of hydrogen-bond donors (Lipinski definition) is 1. The number of carbonyl (C=O) groups excluding carboxylic acids is 1. The molecule has 0 amide bonds. The first-order valence-electron chi connectivity index (χ1n) is 5.76. The first kappa shape index (κ1) is 15.4. The minimum atomic E-state index is -3.55. The van der Waals surface area contributed by atoms with Crippen molar-refractivity contribution in [2.24, 2.45) is 0 Å². The minimum Gasteiger partial charge on any atom is -0.360 e. The van der Waals surface area contributed by atoms with E-state index in [1.54, 1.807) is 6.07 Å². The van der Waals surface area contributed by atoms with Gasteiger partial charge in [-0.25, -0.2) is 8.42 Å². The summed E-state index contributed by atoms with van der Waals surface area (Å²) in [5.41, 5.74) is 0.840. The second kappa shape index (κ2) is 4.76. The highest BCUT2D eigenvalue weighted by molar-refractivity contribution is 7.92. The van der Waals surface area contributed by atoms with Gasteiger partial charge in [0.05, 0.1) is 5.02 Å². The highest BCUT2D eigenvalue weighted by atomic mass is 35.5. The Balaban J connectivity index is 2.69. The Kier molecular flexibility index (Phi) is 3.65. The minimum absolute atomic E-state index is 0.247. The van der Waals surface area contributed by atoms with Gasteiger partial charge in [0.15, 0.2) is 15.6 Å². The van der Waals surface area contributed by atoms with E-state index in [0.717, 1.165) is 6.26 Å². The van der Waals surface area contributed by atoms with Gasteiger partial charge in [-0.2, -0.15) is 0 Å². The van der Waals surface area contributed by atoms with Crippen LogP contribution in [0.15, 0.2) is 18.3 Å². The van der Waals surface area contributed by atoms with E-state index in [-0.39, 0.29) is 5.56 Å². The summed E-state index contributed by atoms with van der Waals surface area (Å²) < 4.78 is 22.0. The molecule has 7 heteroatoms. The molecule has 108 valence electrons. The van der Waals surface area contributed by atoms with Crippen molar-refractivity contribution in [3.05, 3.63) is 33.9 Å². The summed E-state index contributed by atoms with van der Waals surface area (Å²) in [5.74, 6) is -0.504. The normalized spacial score (nSPS) is 12.8. The van der Waals surface area contributed by atoms with Gasteiger partial charge in [0.25, 0.3) is 0 Å². The second-order valence-electron chi connectivity index (χ2n) is 5.12. The Morgan fingerprint density at radius 3 is 2.40 bits per heavy atom. The predicted molar refractivity (Wildman–Crippen MR) is 81.6 cm³/mol. The van der Waals surface area contributed by atoms with Crippen LogP contribution in [-0.4, -0.2) is 30.2 Å². The summed E-state index contributed by atoms with van der Waals surface area (Å²) in [4.78, 5) is 15.4. The SMILES string of the molecule is CC(C)(C(=O)c1c[nH]c2cc(Cl)cc(Cl)c12)S(C)(=O)=O. The Bertz CT molecular complexity index is 806. The van der Waals surface area contributed by atoms with Crippen LogP contribution in [0.3, 0.4) is 0 Å². The third-order valence-corrected chi connectivity index (χ3v) is 5.97. The fraction of sp³-hybridized carbons (Fsp3) is 0.308. The molecule has 0 saturated carbocycles. The van der Waals surface area contributed by atoms with Gasteiger partial charge >= 0.3 is 0 Å². The molecule has 0 aliphatic heterocycles. The van der Waals surface area contributed by atoms with Crippen molar-refractivity contribution in [3.8, 4) is 0 Å². The number of aromatic amines is 1. The highest BCUT2D eigenvalue weighted by Gasteiger charge is 2.40. The Morgan fingerprint density at radius 1 is 1.25 bits per heavy atom. The zero-order valence-electron chi connectivity index (χ0n) is 11.1. The van der Waals surface area contributed by atoms with Crippen LogP contribution in [0.25, 0.3) is 10.9 Å². The number of hydrogen-bond acceptors (Lipinski definition) is 3. The van der Waals surface area contributed by atoms with Gasteiger partial charge in [-0.05, 0) is 26.0 Å². The molecule has 20 heavy (non-hydrogen) atoms. The zero-order chi connectivity index (χ0) is 15.3. The summed E-state index contributed by atoms with van der Waals surface area (Å²) in [5, 5.41) is 1.23. The topological polar surface area (TPSA) is 67.0 Å². The molecule has 0 radical (unpaired) electrons. The number of benzene rings is 1. The number of sulfone groups is 1. The largest absolute Gasteiger partial charge is 0.360 e. The smallest absolute Gasteiger partial charge is 0.185 e. The maximum atomic E-state index is 12.5. The molecular weight excluding hydrogens is 321 g/mol. The van der Waals surface area contributed by atoms with E-state index < -0.39 is 20.4 Å². The van der Waals surface area contributed by atoms with E-state index in [9.17, 15) is 13.2 Å². The van der Waals surface area contributed by atoms with Crippen LogP contribution < -0.4 is 0 Å². The van der Waals surface area contributed by atoms with Gasteiger partial charge in [-0.15, -0.1) is 0 Å². The lowest BCUT2D eigenvalue weighted by Crippen LogP contribution is -2.39. The molecule has 0 aliphatic carbocycles. The molecule has 2 rings (SSSR count). The number of carbonyl (C=O) groups is 1. The van der Waals surface area contributed by atoms with Gasteiger partial charge in [0.1, 0.15) is 4.75 Å². The van der Waals surface area contributed by atoms with Crippen molar-refractivity contribution in [2.75, 3.05) is 6.26 Å². The van der Waals surface area contributed by atoms with E-state index in [1.165, 1.54) is 26.1 Å². The van der Waals surface area contributed by atoms with E-state index in [0.29, 0.717) is 20.9 Å². The Hall–Kier alpha value is -1.04. The average Bonchev–Trinajstić information content (AvgIpc) is 2.69. The summed E-state index contributed by atoms with van der Waals surface area (Å²) in [6.07, 6.45) is 2.50. The van der Waals surface area contributed by atoms with Gasteiger partial charge < -0.3 is 4.98 Å².